The molecule has 1 atom stereocenters. The lowest BCUT2D eigenvalue weighted by atomic mass is 10.1. The molecule has 0 aromatic heterocycles. The molecule has 2 aromatic carbocycles. The molecule has 25 heavy (non-hydrogen) atoms. The van der Waals surface area contributed by atoms with Crippen molar-refractivity contribution in [1.29, 1.82) is 0 Å². The molecule has 5 heteroatoms. The van der Waals surface area contributed by atoms with Gasteiger partial charge in [0.15, 0.2) is 0 Å². The number of amides is 2. The van der Waals surface area contributed by atoms with Gasteiger partial charge < -0.3 is 10.2 Å². The SMILES string of the molecule is Cc1ccc(CNC(=O)[C@@H]2CC(=O)N(c3ccc(C)c(Cl)c3)C2)cc1. The second-order valence-electron chi connectivity index (χ2n) is 6.54. The molecule has 3 rings (SSSR count). The van der Waals surface area contributed by atoms with Crippen LogP contribution in [0.1, 0.15) is 23.1 Å². The fourth-order valence-electron chi connectivity index (χ4n) is 2.92. The van der Waals surface area contributed by atoms with E-state index < -0.39 is 0 Å². The van der Waals surface area contributed by atoms with Crippen LogP contribution < -0.4 is 10.2 Å². The maximum Gasteiger partial charge on any atom is 0.227 e. The summed E-state index contributed by atoms with van der Waals surface area (Å²) in [5, 5.41) is 3.55. The van der Waals surface area contributed by atoms with Crippen LogP contribution in [0.4, 0.5) is 5.69 Å². The molecular weight excluding hydrogens is 336 g/mol. The molecule has 0 unspecified atom stereocenters. The Morgan fingerprint density at radius 3 is 2.60 bits per heavy atom. The number of rotatable bonds is 4. The van der Waals surface area contributed by atoms with Crippen LogP contribution in [0.5, 0.6) is 0 Å². The maximum absolute atomic E-state index is 12.4. The predicted octanol–water partition coefficient (Wildman–Crippen LogP) is 3.63. The monoisotopic (exact) mass is 356 g/mol. The summed E-state index contributed by atoms with van der Waals surface area (Å²) in [4.78, 5) is 26.4. The zero-order valence-corrected chi connectivity index (χ0v) is 15.1. The lowest BCUT2D eigenvalue weighted by molar-refractivity contribution is -0.126. The van der Waals surface area contributed by atoms with Gasteiger partial charge in [-0.25, -0.2) is 0 Å². The second-order valence-corrected chi connectivity index (χ2v) is 6.95. The number of hydrogen-bond donors (Lipinski definition) is 1. The van der Waals surface area contributed by atoms with Crippen LogP contribution in [0.15, 0.2) is 42.5 Å². The Kier molecular flexibility index (Phi) is 5.09. The molecule has 0 spiro atoms. The number of hydrogen-bond acceptors (Lipinski definition) is 2. The van der Waals surface area contributed by atoms with Crippen LogP contribution in [-0.2, 0) is 16.1 Å². The Hall–Kier alpha value is -2.33. The quantitative estimate of drug-likeness (QED) is 0.909. The van der Waals surface area contributed by atoms with Crippen molar-refractivity contribution in [2.75, 3.05) is 11.4 Å². The molecule has 0 bridgehead atoms. The van der Waals surface area contributed by atoms with Crippen molar-refractivity contribution in [3.05, 3.63) is 64.2 Å². The third-order valence-electron chi connectivity index (χ3n) is 4.55. The first-order valence-electron chi connectivity index (χ1n) is 8.34. The average Bonchev–Trinajstić information content (AvgIpc) is 2.98. The molecule has 1 heterocycles. The van der Waals surface area contributed by atoms with E-state index in [-0.39, 0.29) is 24.2 Å². The highest BCUT2D eigenvalue weighted by Gasteiger charge is 2.35. The molecule has 2 aromatic rings. The standard InChI is InChI=1S/C20H21ClN2O2/c1-13-3-6-15(7-4-13)11-22-20(25)16-9-19(24)23(12-16)17-8-5-14(2)18(21)10-17/h3-8,10,16H,9,11-12H2,1-2H3,(H,22,25)/t16-/m1/s1. The van der Waals surface area contributed by atoms with E-state index in [0.29, 0.717) is 18.1 Å². The number of halogens is 1. The van der Waals surface area contributed by atoms with Gasteiger partial charge in [-0.15, -0.1) is 0 Å². The van der Waals surface area contributed by atoms with Crippen molar-refractivity contribution in [3.8, 4) is 0 Å². The van der Waals surface area contributed by atoms with Gasteiger partial charge in [-0.2, -0.15) is 0 Å². The number of carbonyl (C=O) groups is 2. The summed E-state index contributed by atoms with van der Waals surface area (Å²) in [5.41, 5.74) is 3.94. The number of aryl methyl sites for hydroxylation is 2. The largest absolute Gasteiger partial charge is 0.352 e. The van der Waals surface area contributed by atoms with E-state index >= 15 is 0 Å². The fourth-order valence-corrected chi connectivity index (χ4v) is 3.10. The minimum absolute atomic E-state index is 0.0459. The first-order chi connectivity index (χ1) is 11.9. The molecule has 130 valence electrons. The van der Waals surface area contributed by atoms with Crippen LogP contribution in [0, 0.1) is 19.8 Å². The second kappa shape index (κ2) is 7.28. The van der Waals surface area contributed by atoms with E-state index in [1.54, 1.807) is 11.0 Å². The van der Waals surface area contributed by atoms with E-state index in [4.69, 9.17) is 11.6 Å². The Morgan fingerprint density at radius 1 is 1.20 bits per heavy atom. The van der Waals surface area contributed by atoms with E-state index in [2.05, 4.69) is 5.32 Å². The van der Waals surface area contributed by atoms with Crippen molar-refractivity contribution in [2.24, 2.45) is 5.92 Å². The lowest BCUT2D eigenvalue weighted by Crippen LogP contribution is -2.32. The van der Waals surface area contributed by atoms with Gasteiger partial charge in [0.2, 0.25) is 11.8 Å². The molecule has 1 saturated heterocycles. The Labute approximate surface area is 152 Å². The molecule has 0 saturated carbocycles. The van der Waals surface area contributed by atoms with E-state index in [9.17, 15) is 9.59 Å². The van der Waals surface area contributed by atoms with Gasteiger partial charge in [0, 0.05) is 30.2 Å². The van der Waals surface area contributed by atoms with Gasteiger partial charge >= 0.3 is 0 Å². The zero-order valence-electron chi connectivity index (χ0n) is 14.4. The van der Waals surface area contributed by atoms with Crippen LogP contribution >= 0.6 is 11.6 Å². The van der Waals surface area contributed by atoms with E-state index in [1.165, 1.54) is 5.56 Å². The van der Waals surface area contributed by atoms with E-state index in [0.717, 1.165) is 16.8 Å². The fraction of sp³-hybridized carbons (Fsp3) is 0.300. The van der Waals surface area contributed by atoms with Gasteiger partial charge in [0.25, 0.3) is 0 Å². The van der Waals surface area contributed by atoms with E-state index in [1.807, 2.05) is 50.2 Å². The Bertz CT molecular complexity index is 802. The van der Waals surface area contributed by atoms with Crippen LogP contribution in [0.25, 0.3) is 0 Å². The maximum atomic E-state index is 12.4. The van der Waals surface area contributed by atoms with Crippen molar-refractivity contribution in [1.82, 2.24) is 5.32 Å². The van der Waals surface area contributed by atoms with Gasteiger partial charge in [-0.1, -0.05) is 47.5 Å². The number of benzene rings is 2. The molecule has 4 nitrogen and oxygen atoms in total. The number of anilines is 1. The van der Waals surface area contributed by atoms with Crippen molar-refractivity contribution >= 4 is 29.1 Å². The molecule has 1 fully saturated rings. The molecule has 0 radical (unpaired) electrons. The third kappa shape index (κ3) is 4.02. The normalized spacial score (nSPS) is 17.0. The van der Waals surface area contributed by atoms with Crippen LogP contribution in [0.3, 0.4) is 0 Å². The van der Waals surface area contributed by atoms with Gasteiger partial charge in [0.05, 0.1) is 5.92 Å². The highest BCUT2D eigenvalue weighted by molar-refractivity contribution is 6.31. The van der Waals surface area contributed by atoms with Crippen molar-refractivity contribution in [3.63, 3.8) is 0 Å². The summed E-state index contributed by atoms with van der Waals surface area (Å²) in [6.45, 7) is 4.80. The van der Waals surface area contributed by atoms with Gasteiger partial charge in [-0.3, -0.25) is 9.59 Å². The Morgan fingerprint density at radius 2 is 1.92 bits per heavy atom. The minimum atomic E-state index is -0.335. The molecule has 0 aliphatic carbocycles. The predicted molar refractivity (Wildman–Crippen MR) is 99.7 cm³/mol. The first kappa shape index (κ1) is 17.5. The Balaban J connectivity index is 1.62. The highest BCUT2D eigenvalue weighted by Crippen LogP contribution is 2.28. The number of nitrogens with one attached hydrogen (secondary N) is 1. The van der Waals surface area contributed by atoms with Crippen molar-refractivity contribution in [2.45, 2.75) is 26.8 Å². The molecule has 1 aliphatic heterocycles. The number of nitrogens with zero attached hydrogens (tertiary/aromatic N) is 1. The topological polar surface area (TPSA) is 49.4 Å². The molecule has 1 N–H and O–H groups in total. The third-order valence-corrected chi connectivity index (χ3v) is 4.96. The molecular formula is C20H21ClN2O2. The summed E-state index contributed by atoms with van der Waals surface area (Å²) in [7, 11) is 0. The molecule has 2 amide bonds. The molecule has 1 aliphatic rings. The van der Waals surface area contributed by atoms with Crippen molar-refractivity contribution < 1.29 is 9.59 Å². The highest BCUT2D eigenvalue weighted by atomic mass is 35.5. The summed E-state index contributed by atoms with van der Waals surface area (Å²) in [6, 6.07) is 13.6. The van der Waals surface area contributed by atoms with Gasteiger partial charge in [0.1, 0.15) is 0 Å². The lowest BCUT2D eigenvalue weighted by Gasteiger charge is -2.17. The smallest absolute Gasteiger partial charge is 0.227 e. The van der Waals surface area contributed by atoms with Crippen LogP contribution in [0.2, 0.25) is 5.02 Å². The zero-order chi connectivity index (χ0) is 18.0. The average molecular weight is 357 g/mol. The summed E-state index contributed by atoms with van der Waals surface area (Å²) >= 11 is 6.15. The summed E-state index contributed by atoms with van der Waals surface area (Å²) < 4.78 is 0. The summed E-state index contributed by atoms with van der Waals surface area (Å²) in [5.74, 6) is -0.469. The first-order valence-corrected chi connectivity index (χ1v) is 8.71. The van der Waals surface area contributed by atoms with Gasteiger partial charge in [-0.05, 0) is 37.1 Å². The van der Waals surface area contributed by atoms with Crippen LogP contribution in [-0.4, -0.2) is 18.4 Å². The minimum Gasteiger partial charge on any atom is -0.352 e. The number of carbonyl (C=O) groups excluding carboxylic acids is 2. The summed E-state index contributed by atoms with van der Waals surface area (Å²) in [6.07, 6.45) is 0.227.